The van der Waals surface area contributed by atoms with Gasteiger partial charge in [-0.05, 0) is 160 Å². The van der Waals surface area contributed by atoms with Crippen LogP contribution in [-0.2, 0) is 14.1 Å². The van der Waals surface area contributed by atoms with Crippen LogP contribution in [0.1, 0.15) is 72.6 Å². The minimum atomic E-state index is -0.0222. The van der Waals surface area contributed by atoms with E-state index in [9.17, 15) is 8.78 Å². The van der Waals surface area contributed by atoms with Gasteiger partial charge in [0.15, 0.2) is 22.0 Å². The molecule has 2 saturated heterocycles. The number of benzene rings is 2. The number of aromatic nitrogens is 8. The summed E-state index contributed by atoms with van der Waals surface area (Å²) >= 11 is 3.51. The van der Waals surface area contributed by atoms with Crippen LogP contribution < -0.4 is 0 Å². The molecular weight excluding hydrogens is 819 g/mol. The molecule has 2 aromatic carbocycles. The van der Waals surface area contributed by atoms with Crippen LogP contribution in [0.3, 0.4) is 0 Å². The first-order valence-corrected chi connectivity index (χ1v) is 23.9. The van der Waals surface area contributed by atoms with Gasteiger partial charge in [-0.1, -0.05) is 47.8 Å². The molecule has 62 heavy (non-hydrogen) atoms. The molecule has 4 fully saturated rings. The summed E-state index contributed by atoms with van der Waals surface area (Å²) in [5.41, 5.74) is 6.43. The Bertz CT molecular complexity index is 2310. The van der Waals surface area contributed by atoms with E-state index in [0.29, 0.717) is 22.7 Å². The summed E-state index contributed by atoms with van der Waals surface area (Å²) < 4.78 is 32.9. The van der Waals surface area contributed by atoms with Crippen molar-refractivity contribution in [3.05, 3.63) is 119 Å². The fourth-order valence-corrected chi connectivity index (χ4v) is 11.6. The maximum atomic E-state index is 14.4. The number of thioether (sulfide) groups is 2. The summed E-state index contributed by atoms with van der Waals surface area (Å²) in [5.74, 6) is 4.48. The Balaban J connectivity index is 0.000000158. The molecule has 0 unspecified atom stereocenters. The first kappa shape index (κ1) is 42.8. The van der Waals surface area contributed by atoms with Crippen LogP contribution in [0, 0.1) is 36.3 Å². The van der Waals surface area contributed by atoms with Crippen molar-refractivity contribution in [2.45, 2.75) is 74.5 Å². The molecule has 0 amide bonds. The van der Waals surface area contributed by atoms with Crippen molar-refractivity contribution in [2.24, 2.45) is 24.9 Å². The van der Waals surface area contributed by atoms with E-state index in [-0.39, 0.29) is 11.6 Å². The Labute approximate surface area is 372 Å². The van der Waals surface area contributed by atoms with E-state index in [0.717, 1.165) is 132 Å². The second-order valence-corrected chi connectivity index (χ2v) is 20.1. The van der Waals surface area contributed by atoms with E-state index in [1.807, 2.05) is 98.0 Å². The van der Waals surface area contributed by atoms with Crippen LogP contribution in [0.25, 0.3) is 22.8 Å². The van der Waals surface area contributed by atoms with Crippen molar-refractivity contribution in [3.8, 4) is 22.8 Å². The van der Waals surface area contributed by atoms with Crippen LogP contribution in [0.4, 0.5) is 8.78 Å². The third-order valence-corrected chi connectivity index (χ3v) is 15.8. The molecule has 10 nitrogen and oxygen atoms in total. The molecule has 0 bridgehead atoms. The van der Waals surface area contributed by atoms with Crippen molar-refractivity contribution >= 4 is 23.5 Å². The Hall–Kier alpha value is -4.50. The molecule has 2 aliphatic carbocycles. The van der Waals surface area contributed by atoms with Gasteiger partial charge < -0.3 is 18.9 Å². The summed E-state index contributed by atoms with van der Waals surface area (Å²) in [4.78, 5) is 13.5. The molecule has 6 aromatic rings. The summed E-state index contributed by atoms with van der Waals surface area (Å²) in [6.45, 7) is 10.5. The summed E-state index contributed by atoms with van der Waals surface area (Å²) in [7, 11) is 4.01. The first-order chi connectivity index (χ1) is 30.1. The topological polar surface area (TPSA) is 93.7 Å². The van der Waals surface area contributed by atoms with Gasteiger partial charge in [0.1, 0.15) is 11.6 Å². The highest BCUT2D eigenvalue weighted by Gasteiger charge is 2.59. The Kier molecular flexibility index (Phi) is 12.6. The largest absolute Gasteiger partial charge is 0.305 e. The van der Waals surface area contributed by atoms with Crippen molar-refractivity contribution in [1.82, 2.24) is 49.3 Å². The average molecular weight is 875 g/mol. The van der Waals surface area contributed by atoms with E-state index in [4.69, 9.17) is 0 Å². The molecule has 2 aliphatic heterocycles. The third kappa shape index (κ3) is 9.25. The van der Waals surface area contributed by atoms with Gasteiger partial charge in [-0.25, -0.2) is 8.78 Å². The van der Waals surface area contributed by atoms with Crippen LogP contribution in [0.5, 0.6) is 0 Å². The second kappa shape index (κ2) is 18.3. The number of aryl methyl sites for hydroxylation is 2. The second-order valence-electron chi connectivity index (χ2n) is 18.0. The Morgan fingerprint density at radius 3 is 1.48 bits per heavy atom. The van der Waals surface area contributed by atoms with E-state index in [1.54, 1.807) is 48.1 Å². The minimum Gasteiger partial charge on any atom is -0.305 e. The van der Waals surface area contributed by atoms with E-state index < -0.39 is 0 Å². The summed E-state index contributed by atoms with van der Waals surface area (Å²) in [6.07, 6.45) is 14.0. The molecule has 324 valence electrons. The number of hydrogen-bond donors (Lipinski definition) is 0. The van der Waals surface area contributed by atoms with Gasteiger partial charge in [0, 0.05) is 74.6 Å². The zero-order valence-corrected chi connectivity index (χ0v) is 37.8. The third-order valence-electron chi connectivity index (χ3n) is 13.6. The van der Waals surface area contributed by atoms with Gasteiger partial charge in [0.2, 0.25) is 0 Å². The summed E-state index contributed by atoms with van der Waals surface area (Å²) in [5, 5.41) is 19.2. The number of pyridine rings is 2. The molecule has 2 spiro atoms. The summed E-state index contributed by atoms with van der Waals surface area (Å²) in [6, 6.07) is 19.3. The van der Waals surface area contributed by atoms with Gasteiger partial charge in [-0.15, -0.1) is 20.4 Å². The van der Waals surface area contributed by atoms with Gasteiger partial charge in [0.25, 0.3) is 0 Å². The van der Waals surface area contributed by atoms with Crippen molar-refractivity contribution < 1.29 is 8.78 Å². The Morgan fingerprint density at radius 1 is 0.629 bits per heavy atom. The maximum Gasteiger partial charge on any atom is 0.191 e. The fourth-order valence-electron chi connectivity index (χ4n) is 9.93. The molecule has 4 atom stereocenters. The van der Waals surface area contributed by atoms with Crippen molar-refractivity contribution in [3.63, 3.8) is 0 Å². The predicted molar refractivity (Wildman–Crippen MR) is 243 cm³/mol. The monoisotopic (exact) mass is 874 g/mol. The van der Waals surface area contributed by atoms with E-state index in [1.165, 1.54) is 12.8 Å². The standard InChI is InChI=1S/2C24H28FN5S/c2*1-17-6-7-19(21(25)13-17)20-14-24(20)8-11-30(16-24)10-4-12-31-23-28-27-22(29(23)2)18-5-3-9-26-15-18/h2*3,5-7,9,13,15,20H,4,8,10-12,14,16H2,1-2H3/t2*20-,24+/m10/s1. The SMILES string of the molecule is Cc1ccc([C@@H]2C[C@@]23CCN(CCCSc2nnc(-c4cccnc4)n2C)C3)c(F)c1.Cc1ccc([C@H]2C[C@]23CCN(CCCSc2nnc(-c4cccnc4)n2C)C3)c(F)c1. The van der Waals surface area contributed by atoms with Crippen LogP contribution in [-0.4, -0.2) is 100 Å². The molecule has 0 N–H and O–H groups in total. The van der Waals surface area contributed by atoms with E-state index in [2.05, 4.69) is 40.2 Å². The normalized spacial score (nSPS) is 23.0. The first-order valence-electron chi connectivity index (χ1n) is 21.9. The predicted octanol–water partition coefficient (Wildman–Crippen LogP) is 9.37. The highest BCUT2D eigenvalue weighted by molar-refractivity contribution is 7.99. The number of halogens is 2. The van der Waals surface area contributed by atoms with Crippen LogP contribution in [0.15, 0.2) is 95.8 Å². The molecule has 0 radical (unpaired) electrons. The van der Waals surface area contributed by atoms with Crippen molar-refractivity contribution in [2.75, 3.05) is 50.8 Å². The highest BCUT2D eigenvalue weighted by atomic mass is 32.2. The zero-order valence-electron chi connectivity index (χ0n) is 36.2. The molecule has 14 heteroatoms. The quantitative estimate of drug-likeness (QED) is 0.0779. The Morgan fingerprint density at radius 2 is 1.08 bits per heavy atom. The molecule has 2 saturated carbocycles. The maximum absolute atomic E-state index is 14.4. The number of nitrogens with zero attached hydrogens (tertiary/aromatic N) is 10. The molecule has 4 aromatic heterocycles. The smallest absolute Gasteiger partial charge is 0.191 e. The lowest BCUT2D eigenvalue weighted by Crippen LogP contribution is -2.23. The van der Waals surface area contributed by atoms with E-state index >= 15 is 0 Å². The lowest BCUT2D eigenvalue weighted by atomic mass is 9.97. The highest BCUT2D eigenvalue weighted by Crippen LogP contribution is 2.65. The average Bonchev–Trinajstić information content (AvgIpc) is 3.77. The fraction of sp³-hybridized carbons (Fsp3) is 0.458. The van der Waals surface area contributed by atoms with Gasteiger partial charge >= 0.3 is 0 Å². The number of likely N-dealkylation sites (tertiary alicyclic amines) is 2. The number of rotatable bonds is 14. The molecule has 4 aliphatic rings. The molecule has 6 heterocycles. The lowest BCUT2D eigenvalue weighted by Gasteiger charge is -2.16. The number of hydrogen-bond acceptors (Lipinski definition) is 10. The molecular formula is C48H56F2N10S2. The zero-order chi connectivity index (χ0) is 42.8. The van der Waals surface area contributed by atoms with Crippen LogP contribution >= 0.6 is 23.5 Å². The molecule has 10 rings (SSSR count). The van der Waals surface area contributed by atoms with Gasteiger partial charge in [0.05, 0.1) is 0 Å². The lowest BCUT2D eigenvalue weighted by molar-refractivity contribution is 0.319. The van der Waals surface area contributed by atoms with Gasteiger partial charge in [-0.2, -0.15) is 0 Å². The van der Waals surface area contributed by atoms with Gasteiger partial charge in [-0.3, -0.25) is 9.97 Å². The minimum absolute atomic E-state index is 0.0222. The van der Waals surface area contributed by atoms with Crippen LogP contribution in [0.2, 0.25) is 0 Å². The van der Waals surface area contributed by atoms with Crippen molar-refractivity contribution in [1.29, 1.82) is 0 Å².